The van der Waals surface area contributed by atoms with E-state index in [1.807, 2.05) is 12.1 Å². The predicted molar refractivity (Wildman–Crippen MR) is 88.2 cm³/mol. The average molecular weight is 291 g/mol. The second kappa shape index (κ2) is 5.60. The number of aldehydes is 1. The van der Waals surface area contributed by atoms with Crippen molar-refractivity contribution in [3.63, 3.8) is 0 Å². The van der Waals surface area contributed by atoms with Crippen LogP contribution in [-0.4, -0.2) is 17.2 Å². The summed E-state index contributed by atoms with van der Waals surface area (Å²) in [4.78, 5) is 10.8. The maximum atomic E-state index is 10.8. The fourth-order valence-corrected chi connectivity index (χ4v) is 3.07. The second-order valence-corrected chi connectivity index (χ2v) is 5.69. The first kappa shape index (κ1) is 14.3. The molecule has 0 spiro atoms. The molecule has 3 rings (SSSR count). The summed E-state index contributed by atoms with van der Waals surface area (Å²) in [5.41, 5.74) is 8.49. The Hall–Kier alpha value is -2.68. The van der Waals surface area contributed by atoms with Crippen molar-refractivity contribution in [2.45, 2.75) is 20.3 Å². The lowest BCUT2D eigenvalue weighted by atomic mass is 9.97. The number of hydrogen-bond acceptors (Lipinski definition) is 3. The normalized spacial score (nSPS) is 12.8. The van der Waals surface area contributed by atoms with Crippen molar-refractivity contribution in [1.29, 1.82) is 0 Å². The lowest BCUT2D eigenvalue weighted by Gasteiger charge is -2.07. The standard InChI is InChI=1S/C19H17NO2/c1-12(2)19-17-6-4-3-5-15(17)16-8-7-13(10-18(16)19)9-14(11-21)20-22/h3-8,10-11,22H,9H2,1-2H3. The number of carbonyl (C=O) groups excluding carboxylic acids is 1. The van der Waals surface area contributed by atoms with Crippen LogP contribution in [0.25, 0.3) is 16.7 Å². The van der Waals surface area contributed by atoms with Crippen LogP contribution in [0.2, 0.25) is 0 Å². The highest BCUT2D eigenvalue weighted by molar-refractivity contribution is 6.28. The molecule has 0 atom stereocenters. The molecule has 0 fully saturated rings. The molecule has 0 bridgehead atoms. The van der Waals surface area contributed by atoms with E-state index < -0.39 is 0 Å². The van der Waals surface area contributed by atoms with E-state index in [1.54, 1.807) is 0 Å². The van der Waals surface area contributed by atoms with Gasteiger partial charge in [0.05, 0.1) is 0 Å². The summed E-state index contributed by atoms with van der Waals surface area (Å²) in [7, 11) is 0. The molecule has 22 heavy (non-hydrogen) atoms. The number of nitrogens with zero attached hydrogens (tertiary/aromatic N) is 1. The summed E-state index contributed by atoms with van der Waals surface area (Å²) < 4.78 is 0. The molecule has 1 aliphatic carbocycles. The van der Waals surface area contributed by atoms with Crippen LogP contribution in [0.15, 0.2) is 53.2 Å². The molecule has 0 aliphatic heterocycles. The maximum absolute atomic E-state index is 10.8. The van der Waals surface area contributed by atoms with Crippen LogP contribution in [0.5, 0.6) is 0 Å². The van der Waals surface area contributed by atoms with Gasteiger partial charge in [0.25, 0.3) is 0 Å². The van der Waals surface area contributed by atoms with Gasteiger partial charge in [0.1, 0.15) is 5.71 Å². The molecule has 3 heteroatoms. The first-order chi connectivity index (χ1) is 10.7. The van der Waals surface area contributed by atoms with Gasteiger partial charge in [-0.1, -0.05) is 53.2 Å². The molecule has 2 aromatic carbocycles. The van der Waals surface area contributed by atoms with Gasteiger partial charge in [0, 0.05) is 6.42 Å². The van der Waals surface area contributed by atoms with Crippen LogP contribution in [0.1, 0.15) is 30.5 Å². The number of rotatable bonds is 3. The second-order valence-electron chi connectivity index (χ2n) is 5.69. The smallest absolute Gasteiger partial charge is 0.167 e. The highest BCUT2D eigenvalue weighted by Crippen LogP contribution is 2.45. The number of carbonyl (C=O) groups is 1. The van der Waals surface area contributed by atoms with Gasteiger partial charge in [-0.15, -0.1) is 0 Å². The minimum Gasteiger partial charge on any atom is -0.411 e. The van der Waals surface area contributed by atoms with E-state index in [1.165, 1.54) is 33.4 Å². The molecule has 0 heterocycles. The van der Waals surface area contributed by atoms with E-state index in [9.17, 15) is 4.79 Å². The van der Waals surface area contributed by atoms with Crippen molar-refractivity contribution in [2.75, 3.05) is 0 Å². The maximum Gasteiger partial charge on any atom is 0.167 e. The van der Waals surface area contributed by atoms with Crippen molar-refractivity contribution < 1.29 is 10.0 Å². The van der Waals surface area contributed by atoms with Crippen LogP contribution in [0.3, 0.4) is 0 Å². The molecule has 1 aliphatic rings. The van der Waals surface area contributed by atoms with Crippen molar-refractivity contribution in [2.24, 2.45) is 5.16 Å². The fraction of sp³-hybridized carbons (Fsp3) is 0.158. The molecule has 0 saturated carbocycles. The van der Waals surface area contributed by atoms with Crippen LogP contribution in [0.4, 0.5) is 0 Å². The van der Waals surface area contributed by atoms with Gasteiger partial charge < -0.3 is 5.21 Å². The third-order valence-electron chi connectivity index (χ3n) is 3.99. The molecule has 3 nitrogen and oxygen atoms in total. The minimum atomic E-state index is 0.134. The number of fused-ring (bicyclic) bond motifs is 3. The van der Waals surface area contributed by atoms with Crippen molar-refractivity contribution in [3.8, 4) is 11.1 Å². The van der Waals surface area contributed by atoms with Crippen molar-refractivity contribution in [1.82, 2.24) is 0 Å². The molecule has 0 amide bonds. The molecule has 0 saturated heterocycles. The summed E-state index contributed by atoms with van der Waals surface area (Å²) >= 11 is 0. The van der Waals surface area contributed by atoms with Crippen molar-refractivity contribution in [3.05, 3.63) is 64.7 Å². The molecule has 0 aromatic heterocycles. The average Bonchev–Trinajstić information content (AvgIpc) is 2.86. The number of allylic oxidation sites excluding steroid dienone is 1. The summed E-state index contributed by atoms with van der Waals surface area (Å²) in [6.45, 7) is 4.22. The van der Waals surface area contributed by atoms with Crippen LogP contribution >= 0.6 is 0 Å². The van der Waals surface area contributed by atoms with E-state index in [0.29, 0.717) is 12.7 Å². The van der Waals surface area contributed by atoms with Gasteiger partial charge in [0.15, 0.2) is 6.29 Å². The van der Waals surface area contributed by atoms with E-state index in [0.717, 1.165) is 5.56 Å². The first-order valence-corrected chi connectivity index (χ1v) is 7.22. The lowest BCUT2D eigenvalue weighted by molar-refractivity contribution is -0.102. The SMILES string of the molecule is CC(C)=C1c2ccccc2-c2ccc(CC(C=O)=NO)cc21. The molecular weight excluding hydrogens is 274 g/mol. The highest BCUT2D eigenvalue weighted by Gasteiger charge is 2.24. The Morgan fingerprint density at radius 1 is 1.05 bits per heavy atom. The third kappa shape index (κ3) is 2.25. The van der Waals surface area contributed by atoms with Crippen molar-refractivity contribution >= 4 is 17.6 Å². The largest absolute Gasteiger partial charge is 0.411 e. The lowest BCUT2D eigenvalue weighted by Crippen LogP contribution is -2.04. The van der Waals surface area contributed by atoms with Gasteiger partial charge in [-0.25, -0.2) is 0 Å². The Labute approximate surface area is 129 Å². The van der Waals surface area contributed by atoms with Gasteiger partial charge in [-0.2, -0.15) is 0 Å². The zero-order valence-corrected chi connectivity index (χ0v) is 12.6. The van der Waals surface area contributed by atoms with Crippen LogP contribution in [-0.2, 0) is 11.2 Å². The van der Waals surface area contributed by atoms with E-state index in [-0.39, 0.29) is 5.71 Å². The Bertz CT molecular complexity index is 812. The predicted octanol–water partition coefficient (Wildman–Crippen LogP) is 4.08. The quantitative estimate of drug-likeness (QED) is 0.342. The monoisotopic (exact) mass is 291 g/mol. The van der Waals surface area contributed by atoms with Gasteiger partial charge in [0.2, 0.25) is 0 Å². The molecular formula is C19H17NO2. The first-order valence-electron chi connectivity index (χ1n) is 7.22. The van der Waals surface area contributed by atoms with Crippen LogP contribution < -0.4 is 0 Å². The Balaban J connectivity index is 2.15. The van der Waals surface area contributed by atoms with Crippen LogP contribution in [0, 0.1) is 0 Å². The third-order valence-corrected chi connectivity index (χ3v) is 3.99. The molecule has 1 N–H and O–H groups in total. The fourth-order valence-electron chi connectivity index (χ4n) is 3.07. The van der Waals surface area contributed by atoms with E-state index >= 15 is 0 Å². The summed E-state index contributed by atoms with van der Waals surface area (Å²) in [6.07, 6.45) is 0.920. The summed E-state index contributed by atoms with van der Waals surface area (Å²) in [5, 5.41) is 11.8. The Morgan fingerprint density at radius 2 is 1.73 bits per heavy atom. The Kier molecular flexibility index (Phi) is 3.63. The Morgan fingerprint density at radius 3 is 2.36 bits per heavy atom. The highest BCUT2D eigenvalue weighted by atomic mass is 16.4. The van der Waals surface area contributed by atoms with E-state index in [2.05, 4.69) is 49.3 Å². The summed E-state index contributed by atoms with van der Waals surface area (Å²) in [5.74, 6) is 0. The number of hydrogen-bond donors (Lipinski definition) is 1. The van der Waals surface area contributed by atoms with E-state index in [4.69, 9.17) is 5.21 Å². The van der Waals surface area contributed by atoms with Gasteiger partial charge >= 0.3 is 0 Å². The zero-order chi connectivity index (χ0) is 15.7. The number of benzene rings is 2. The molecule has 0 unspecified atom stereocenters. The minimum absolute atomic E-state index is 0.134. The van der Waals surface area contributed by atoms with Gasteiger partial charge in [-0.3, -0.25) is 4.79 Å². The molecule has 2 aromatic rings. The summed E-state index contributed by atoms with van der Waals surface area (Å²) in [6, 6.07) is 14.5. The zero-order valence-electron chi connectivity index (χ0n) is 12.6. The molecule has 110 valence electrons. The van der Waals surface area contributed by atoms with Gasteiger partial charge in [-0.05, 0) is 47.2 Å². The number of oxime groups is 1. The topological polar surface area (TPSA) is 49.7 Å². The molecule has 0 radical (unpaired) electrons.